The summed E-state index contributed by atoms with van der Waals surface area (Å²) in [5.74, 6) is -0.0455. The van der Waals surface area contributed by atoms with Crippen LogP contribution in [0.5, 0.6) is 0 Å². The minimum absolute atomic E-state index is 0.0407. The van der Waals surface area contributed by atoms with Crippen molar-refractivity contribution in [2.45, 2.75) is 12.8 Å². The van der Waals surface area contributed by atoms with Gasteiger partial charge in [0.05, 0.1) is 17.4 Å². The van der Waals surface area contributed by atoms with Gasteiger partial charge in [0.1, 0.15) is 0 Å². The van der Waals surface area contributed by atoms with Crippen LogP contribution in [-0.4, -0.2) is 68.4 Å². The lowest BCUT2D eigenvalue weighted by molar-refractivity contribution is -0.136. The fourth-order valence-electron chi connectivity index (χ4n) is 3.16. The van der Waals surface area contributed by atoms with Gasteiger partial charge in [-0.2, -0.15) is 0 Å². The Morgan fingerprint density at radius 3 is 2.64 bits per heavy atom. The molecule has 0 unspecified atom stereocenters. The molecule has 0 radical (unpaired) electrons. The van der Waals surface area contributed by atoms with Crippen LogP contribution in [0.15, 0.2) is 17.5 Å². The minimum atomic E-state index is -2.98. The first-order valence-corrected chi connectivity index (χ1v) is 10.5. The molecule has 3 heterocycles. The van der Waals surface area contributed by atoms with Crippen LogP contribution in [0.4, 0.5) is 0 Å². The van der Waals surface area contributed by atoms with Gasteiger partial charge in [-0.3, -0.25) is 9.69 Å². The van der Waals surface area contributed by atoms with Crippen LogP contribution in [0.25, 0.3) is 0 Å². The van der Waals surface area contributed by atoms with E-state index in [4.69, 9.17) is 0 Å². The van der Waals surface area contributed by atoms with Crippen molar-refractivity contribution in [3.63, 3.8) is 0 Å². The van der Waals surface area contributed by atoms with Gasteiger partial charge in [0.2, 0.25) is 5.91 Å². The average Bonchev–Trinajstić information content (AvgIpc) is 3.14. The molecule has 2 saturated heterocycles. The van der Waals surface area contributed by atoms with Crippen molar-refractivity contribution >= 4 is 27.1 Å². The predicted molar refractivity (Wildman–Crippen MR) is 87.8 cm³/mol. The zero-order chi connectivity index (χ0) is 15.6. The van der Waals surface area contributed by atoms with E-state index in [0.29, 0.717) is 6.42 Å². The van der Waals surface area contributed by atoms with Gasteiger partial charge in [-0.15, -0.1) is 11.3 Å². The lowest BCUT2D eigenvalue weighted by Crippen LogP contribution is -2.50. The highest BCUT2D eigenvalue weighted by molar-refractivity contribution is 7.91. The molecule has 3 rings (SSSR count). The highest BCUT2D eigenvalue weighted by Gasteiger charge is 2.36. The largest absolute Gasteiger partial charge is 0.340 e. The number of nitrogens with zero attached hydrogens (tertiary/aromatic N) is 2. The molecule has 2 aliphatic rings. The Labute approximate surface area is 135 Å². The molecule has 1 aromatic heterocycles. The summed E-state index contributed by atoms with van der Waals surface area (Å²) in [6.07, 6.45) is 1.56. The van der Waals surface area contributed by atoms with Crippen molar-refractivity contribution in [3.8, 4) is 0 Å². The fourth-order valence-corrected chi connectivity index (χ4v) is 5.59. The van der Waals surface area contributed by atoms with Crippen molar-refractivity contribution in [3.05, 3.63) is 22.4 Å². The van der Waals surface area contributed by atoms with E-state index < -0.39 is 9.84 Å². The Kier molecular flexibility index (Phi) is 4.84. The van der Waals surface area contributed by atoms with Gasteiger partial charge < -0.3 is 4.90 Å². The fraction of sp³-hybridized carbons (Fsp3) is 0.667. The molecule has 0 saturated carbocycles. The van der Waals surface area contributed by atoms with E-state index in [0.717, 1.165) is 39.1 Å². The van der Waals surface area contributed by atoms with Gasteiger partial charge >= 0.3 is 0 Å². The Balaban J connectivity index is 1.44. The first kappa shape index (κ1) is 16.0. The topological polar surface area (TPSA) is 57.7 Å². The number of rotatable bonds is 4. The van der Waals surface area contributed by atoms with Crippen LogP contribution in [0, 0.1) is 5.92 Å². The molecule has 0 aliphatic carbocycles. The molecule has 0 N–H and O–H groups in total. The molecular weight excluding hydrogens is 320 g/mol. The Bertz CT molecular complexity index is 605. The predicted octanol–water partition coefficient (Wildman–Crippen LogP) is 0.870. The maximum atomic E-state index is 12.4. The molecule has 22 heavy (non-hydrogen) atoms. The maximum Gasteiger partial charge on any atom is 0.226 e. The summed E-state index contributed by atoms with van der Waals surface area (Å²) in [4.78, 5) is 18.0. The van der Waals surface area contributed by atoms with E-state index in [2.05, 4.69) is 22.4 Å². The quantitative estimate of drug-likeness (QED) is 0.815. The van der Waals surface area contributed by atoms with E-state index in [1.807, 2.05) is 4.90 Å². The number of hydrogen-bond donors (Lipinski definition) is 0. The second kappa shape index (κ2) is 6.68. The lowest BCUT2D eigenvalue weighted by atomic mass is 10.1. The third-order valence-electron chi connectivity index (χ3n) is 4.52. The molecule has 1 amide bonds. The molecule has 0 aromatic carbocycles. The number of hydrogen-bond acceptors (Lipinski definition) is 5. The molecular formula is C15H22N2O3S2. The monoisotopic (exact) mass is 342 g/mol. The van der Waals surface area contributed by atoms with E-state index in [9.17, 15) is 13.2 Å². The zero-order valence-corrected chi connectivity index (χ0v) is 14.2. The summed E-state index contributed by atoms with van der Waals surface area (Å²) in [5, 5.41) is 2.10. The summed E-state index contributed by atoms with van der Waals surface area (Å²) in [6.45, 7) is 4.24. The summed E-state index contributed by atoms with van der Waals surface area (Å²) >= 11 is 1.79. The van der Waals surface area contributed by atoms with Gasteiger partial charge in [0, 0.05) is 37.6 Å². The SMILES string of the molecule is O=C([C@H]1CCS(=O)(=O)C1)N1CCN(CCc2cccs2)CC1. The third kappa shape index (κ3) is 3.88. The van der Waals surface area contributed by atoms with E-state index >= 15 is 0 Å². The van der Waals surface area contributed by atoms with E-state index in [1.54, 1.807) is 11.3 Å². The number of carbonyl (C=O) groups excluding carboxylic acids is 1. The molecule has 5 nitrogen and oxygen atoms in total. The number of thiophene rings is 1. The van der Waals surface area contributed by atoms with E-state index in [1.165, 1.54) is 4.88 Å². The second-order valence-corrected chi connectivity index (χ2v) is 9.36. The molecule has 7 heteroatoms. The number of carbonyl (C=O) groups is 1. The number of amides is 1. The second-order valence-electron chi connectivity index (χ2n) is 6.10. The molecule has 0 bridgehead atoms. The van der Waals surface area contributed by atoms with Gasteiger partial charge in [-0.05, 0) is 24.3 Å². The summed E-state index contributed by atoms with van der Waals surface area (Å²) in [6, 6.07) is 4.23. The van der Waals surface area contributed by atoms with Crippen molar-refractivity contribution in [1.29, 1.82) is 0 Å². The molecule has 2 fully saturated rings. The van der Waals surface area contributed by atoms with Gasteiger partial charge in [0.15, 0.2) is 9.84 Å². The van der Waals surface area contributed by atoms with Crippen LogP contribution in [0.2, 0.25) is 0 Å². The first-order chi connectivity index (χ1) is 10.5. The van der Waals surface area contributed by atoms with Crippen LogP contribution < -0.4 is 0 Å². The highest BCUT2D eigenvalue weighted by Crippen LogP contribution is 2.21. The third-order valence-corrected chi connectivity index (χ3v) is 7.22. The summed E-state index contributed by atoms with van der Waals surface area (Å²) in [7, 11) is -2.98. The molecule has 0 spiro atoms. The average molecular weight is 342 g/mol. The van der Waals surface area contributed by atoms with Gasteiger partial charge in [0.25, 0.3) is 0 Å². The van der Waals surface area contributed by atoms with Crippen molar-refractivity contribution in [1.82, 2.24) is 9.80 Å². The van der Waals surface area contributed by atoms with Crippen molar-refractivity contribution in [2.24, 2.45) is 5.92 Å². The normalized spacial score (nSPS) is 25.5. The molecule has 1 aromatic rings. The Morgan fingerprint density at radius 1 is 1.27 bits per heavy atom. The van der Waals surface area contributed by atoms with Crippen molar-refractivity contribution < 1.29 is 13.2 Å². The van der Waals surface area contributed by atoms with Gasteiger partial charge in [-0.1, -0.05) is 6.07 Å². The van der Waals surface area contributed by atoms with E-state index in [-0.39, 0.29) is 23.3 Å². The smallest absolute Gasteiger partial charge is 0.226 e. The number of piperazine rings is 1. The lowest BCUT2D eigenvalue weighted by Gasteiger charge is -2.35. The van der Waals surface area contributed by atoms with Crippen LogP contribution >= 0.6 is 11.3 Å². The number of sulfone groups is 1. The molecule has 122 valence electrons. The summed E-state index contributed by atoms with van der Waals surface area (Å²) in [5.41, 5.74) is 0. The van der Waals surface area contributed by atoms with Crippen molar-refractivity contribution in [2.75, 3.05) is 44.2 Å². The zero-order valence-electron chi connectivity index (χ0n) is 12.6. The standard InChI is InChI=1S/C15H22N2O3S2/c18-15(13-4-11-22(19,20)12-13)17-8-6-16(7-9-17)5-3-14-2-1-10-21-14/h1-2,10,13H,3-9,11-12H2/t13-/m0/s1. The Morgan fingerprint density at radius 2 is 2.05 bits per heavy atom. The van der Waals surface area contributed by atoms with Crippen LogP contribution in [-0.2, 0) is 21.1 Å². The minimum Gasteiger partial charge on any atom is -0.340 e. The van der Waals surface area contributed by atoms with Crippen LogP contribution in [0.3, 0.4) is 0 Å². The van der Waals surface area contributed by atoms with Gasteiger partial charge in [-0.25, -0.2) is 8.42 Å². The molecule has 1 atom stereocenters. The maximum absolute atomic E-state index is 12.4. The van der Waals surface area contributed by atoms with Crippen LogP contribution in [0.1, 0.15) is 11.3 Å². The first-order valence-electron chi connectivity index (χ1n) is 7.77. The molecule has 2 aliphatic heterocycles. The Hall–Kier alpha value is -0.920. The summed E-state index contributed by atoms with van der Waals surface area (Å²) < 4.78 is 23.0. The highest BCUT2D eigenvalue weighted by atomic mass is 32.2.